The molecular formula is C15H21NO2. The van der Waals surface area contributed by atoms with Crippen molar-refractivity contribution in [2.75, 3.05) is 26.2 Å². The third-order valence-corrected chi connectivity index (χ3v) is 3.26. The molecule has 0 N–H and O–H groups in total. The summed E-state index contributed by atoms with van der Waals surface area (Å²) in [5, 5.41) is 0. The van der Waals surface area contributed by atoms with Crippen LogP contribution in [0.15, 0.2) is 30.3 Å². The van der Waals surface area contributed by atoms with Gasteiger partial charge in [-0.05, 0) is 13.8 Å². The van der Waals surface area contributed by atoms with E-state index in [1.165, 1.54) is 0 Å². The first kappa shape index (κ1) is 13.2. The van der Waals surface area contributed by atoms with E-state index in [1.807, 2.05) is 30.3 Å². The number of nitrogens with zero attached hydrogens (tertiary/aromatic N) is 1. The van der Waals surface area contributed by atoms with Gasteiger partial charge in [0, 0.05) is 31.6 Å². The Hall–Kier alpha value is -1.19. The Bertz CT molecular complexity index is 400. The lowest BCUT2D eigenvalue weighted by molar-refractivity contribution is -0.0855. The summed E-state index contributed by atoms with van der Waals surface area (Å²) in [6.45, 7) is 7.59. The van der Waals surface area contributed by atoms with Crippen LogP contribution in [0, 0.1) is 0 Å². The molecule has 0 aliphatic carbocycles. The van der Waals surface area contributed by atoms with E-state index in [2.05, 4.69) is 18.7 Å². The van der Waals surface area contributed by atoms with Gasteiger partial charge < -0.3 is 4.74 Å². The molecule has 1 saturated heterocycles. The quantitative estimate of drug-likeness (QED) is 0.765. The molecule has 0 atom stereocenters. The summed E-state index contributed by atoms with van der Waals surface area (Å²) in [6, 6.07) is 9.51. The molecule has 98 valence electrons. The highest BCUT2D eigenvalue weighted by Crippen LogP contribution is 2.16. The van der Waals surface area contributed by atoms with Crippen LogP contribution in [0.2, 0.25) is 0 Å². The van der Waals surface area contributed by atoms with Gasteiger partial charge >= 0.3 is 0 Å². The first-order valence-corrected chi connectivity index (χ1v) is 6.51. The molecule has 1 heterocycles. The minimum absolute atomic E-state index is 0.0892. The van der Waals surface area contributed by atoms with Gasteiger partial charge in [-0.25, -0.2) is 0 Å². The van der Waals surface area contributed by atoms with E-state index in [9.17, 15) is 4.79 Å². The van der Waals surface area contributed by atoms with Crippen molar-refractivity contribution in [3.63, 3.8) is 0 Å². The van der Waals surface area contributed by atoms with Crippen LogP contribution in [0.4, 0.5) is 0 Å². The molecule has 18 heavy (non-hydrogen) atoms. The highest BCUT2D eigenvalue weighted by molar-refractivity contribution is 5.96. The van der Waals surface area contributed by atoms with Gasteiger partial charge in [0.2, 0.25) is 0 Å². The van der Waals surface area contributed by atoms with E-state index in [0.29, 0.717) is 6.42 Å². The maximum absolute atomic E-state index is 12.0. The zero-order valence-corrected chi connectivity index (χ0v) is 11.2. The lowest BCUT2D eigenvalue weighted by Gasteiger charge is -2.38. The molecule has 0 amide bonds. The zero-order chi connectivity index (χ0) is 13.0. The number of morpholine rings is 1. The number of hydrogen-bond acceptors (Lipinski definition) is 3. The minimum atomic E-state index is -0.0892. The fourth-order valence-electron chi connectivity index (χ4n) is 2.33. The van der Waals surface area contributed by atoms with Crippen molar-refractivity contribution < 1.29 is 9.53 Å². The van der Waals surface area contributed by atoms with Crippen LogP contribution >= 0.6 is 0 Å². The number of ether oxygens (including phenoxy) is 1. The predicted molar refractivity (Wildman–Crippen MR) is 71.9 cm³/mol. The summed E-state index contributed by atoms with van der Waals surface area (Å²) in [5.41, 5.74) is 0.721. The highest BCUT2D eigenvalue weighted by Gasteiger charge is 2.27. The minimum Gasteiger partial charge on any atom is -0.373 e. The van der Waals surface area contributed by atoms with Crippen molar-refractivity contribution in [1.29, 1.82) is 0 Å². The second-order valence-electron chi connectivity index (χ2n) is 5.42. The summed E-state index contributed by atoms with van der Waals surface area (Å²) in [5.74, 6) is 0.222. The fourth-order valence-corrected chi connectivity index (χ4v) is 2.33. The Labute approximate surface area is 109 Å². The van der Waals surface area contributed by atoms with Gasteiger partial charge in [0.05, 0.1) is 12.2 Å². The van der Waals surface area contributed by atoms with Crippen molar-refractivity contribution in [2.45, 2.75) is 25.9 Å². The fraction of sp³-hybridized carbons (Fsp3) is 0.533. The molecule has 2 rings (SSSR count). The van der Waals surface area contributed by atoms with Crippen molar-refractivity contribution in [3.05, 3.63) is 35.9 Å². The molecule has 1 aliphatic rings. The number of Topliss-reactive ketones (excluding diaryl/α,β-unsaturated/α-hetero) is 1. The van der Waals surface area contributed by atoms with Gasteiger partial charge in [-0.3, -0.25) is 9.69 Å². The molecule has 3 heteroatoms. The molecule has 1 fully saturated rings. The maximum Gasteiger partial charge on any atom is 0.164 e. The van der Waals surface area contributed by atoms with Crippen molar-refractivity contribution in [2.24, 2.45) is 0 Å². The van der Waals surface area contributed by atoms with Crippen molar-refractivity contribution in [3.8, 4) is 0 Å². The van der Waals surface area contributed by atoms with E-state index >= 15 is 0 Å². The van der Waals surface area contributed by atoms with Crippen LogP contribution in [0.1, 0.15) is 30.6 Å². The second kappa shape index (κ2) is 5.63. The van der Waals surface area contributed by atoms with Gasteiger partial charge in [-0.2, -0.15) is 0 Å². The van der Waals surface area contributed by atoms with Gasteiger partial charge in [-0.1, -0.05) is 30.3 Å². The molecule has 0 spiro atoms. The van der Waals surface area contributed by atoms with Crippen LogP contribution in [0.3, 0.4) is 0 Å². The Morgan fingerprint density at radius 1 is 1.33 bits per heavy atom. The lowest BCUT2D eigenvalue weighted by atomic mass is 10.1. The van der Waals surface area contributed by atoms with Gasteiger partial charge in [0.15, 0.2) is 5.78 Å². The number of ketones is 1. The predicted octanol–water partition coefficient (Wildman–Crippen LogP) is 2.37. The summed E-state index contributed by atoms with van der Waals surface area (Å²) in [6.07, 6.45) is 0.583. The van der Waals surface area contributed by atoms with Crippen LogP contribution in [-0.2, 0) is 4.74 Å². The monoisotopic (exact) mass is 247 g/mol. The largest absolute Gasteiger partial charge is 0.373 e. The van der Waals surface area contributed by atoms with Gasteiger partial charge in [0.1, 0.15) is 0 Å². The van der Waals surface area contributed by atoms with E-state index < -0.39 is 0 Å². The van der Waals surface area contributed by atoms with E-state index in [4.69, 9.17) is 4.74 Å². The smallest absolute Gasteiger partial charge is 0.164 e. The first-order valence-electron chi connectivity index (χ1n) is 6.51. The Morgan fingerprint density at radius 3 is 2.72 bits per heavy atom. The molecule has 1 aliphatic heterocycles. The Morgan fingerprint density at radius 2 is 2.06 bits per heavy atom. The van der Waals surface area contributed by atoms with E-state index in [1.54, 1.807) is 0 Å². The topological polar surface area (TPSA) is 29.5 Å². The number of hydrogen-bond donors (Lipinski definition) is 0. The maximum atomic E-state index is 12.0. The van der Waals surface area contributed by atoms with Crippen LogP contribution in [-0.4, -0.2) is 42.5 Å². The molecule has 0 bridgehead atoms. The number of carbonyl (C=O) groups excluding carboxylic acids is 1. The molecule has 1 aromatic carbocycles. The molecule has 3 nitrogen and oxygen atoms in total. The second-order valence-corrected chi connectivity index (χ2v) is 5.42. The number of rotatable bonds is 4. The zero-order valence-electron chi connectivity index (χ0n) is 11.2. The third kappa shape index (κ3) is 3.65. The van der Waals surface area contributed by atoms with Gasteiger partial charge in [-0.15, -0.1) is 0 Å². The molecule has 1 aromatic rings. The van der Waals surface area contributed by atoms with Crippen molar-refractivity contribution in [1.82, 2.24) is 4.90 Å². The lowest BCUT2D eigenvalue weighted by Crippen LogP contribution is -2.48. The first-order chi connectivity index (χ1) is 8.57. The molecule has 0 saturated carbocycles. The van der Waals surface area contributed by atoms with Crippen molar-refractivity contribution >= 4 is 5.78 Å². The summed E-state index contributed by atoms with van der Waals surface area (Å²) in [4.78, 5) is 14.3. The van der Waals surface area contributed by atoms with Crippen LogP contribution in [0.5, 0.6) is 0 Å². The number of carbonyl (C=O) groups is 1. The standard InChI is InChI=1S/C15H21NO2/c1-15(2)12-16(10-11-18-15)9-8-14(17)13-6-4-3-5-7-13/h3-7H,8-12H2,1-2H3. The average Bonchev–Trinajstić information content (AvgIpc) is 2.36. The summed E-state index contributed by atoms with van der Waals surface area (Å²) < 4.78 is 5.66. The Balaban J connectivity index is 1.83. The Kier molecular flexibility index (Phi) is 4.15. The van der Waals surface area contributed by atoms with Crippen LogP contribution in [0.25, 0.3) is 0 Å². The average molecular weight is 247 g/mol. The summed E-state index contributed by atoms with van der Waals surface area (Å²) >= 11 is 0. The van der Waals surface area contributed by atoms with E-state index in [-0.39, 0.29) is 11.4 Å². The SMILES string of the molecule is CC1(C)CN(CCC(=O)c2ccccc2)CCO1. The van der Waals surface area contributed by atoms with Crippen LogP contribution < -0.4 is 0 Å². The molecule has 0 aromatic heterocycles. The van der Waals surface area contributed by atoms with Gasteiger partial charge in [0.25, 0.3) is 0 Å². The highest BCUT2D eigenvalue weighted by atomic mass is 16.5. The molecule has 0 unspecified atom stereocenters. The normalized spacial score (nSPS) is 19.7. The third-order valence-electron chi connectivity index (χ3n) is 3.26. The molecular weight excluding hydrogens is 226 g/mol. The molecule has 0 radical (unpaired) electrons. The number of benzene rings is 1. The van der Waals surface area contributed by atoms with E-state index in [0.717, 1.165) is 31.8 Å². The summed E-state index contributed by atoms with van der Waals surface area (Å²) in [7, 11) is 0.